The molecule has 150 valence electrons. The molecule has 0 saturated heterocycles. The van der Waals surface area contributed by atoms with Crippen LogP contribution in [-0.2, 0) is 18.7 Å². The van der Waals surface area contributed by atoms with Crippen molar-refractivity contribution < 1.29 is 0 Å². The fourth-order valence-corrected chi connectivity index (χ4v) is 6.44. The molecule has 0 saturated carbocycles. The van der Waals surface area contributed by atoms with E-state index in [-0.39, 0.29) is 5.56 Å². The third kappa shape index (κ3) is 3.93. The highest BCUT2D eigenvalue weighted by molar-refractivity contribution is 7.98. The smallest absolute Gasteiger partial charge is 0.272 e. The summed E-state index contributed by atoms with van der Waals surface area (Å²) in [5.74, 6) is 0.744. The average Bonchev–Trinajstić information content (AvgIpc) is 3.39. The van der Waals surface area contributed by atoms with E-state index in [1.807, 2.05) is 46.3 Å². The van der Waals surface area contributed by atoms with Crippen molar-refractivity contribution in [1.82, 2.24) is 9.55 Å². The Bertz CT molecular complexity index is 1390. The fourth-order valence-electron chi connectivity index (χ4n) is 3.42. The lowest BCUT2D eigenvalue weighted by Gasteiger charge is -2.12. The van der Waals surface area contributed by atoms with Crippen molar-refractivity contribution in [2.24, 2.45) is 0 Å². The van der Waals surface area contributed by atoms with Gasteiger partial charge >= 0.3 is 0 Å². The summed E-state index contributed by atoms with van der Waals surface area (Å²) in [6.45, 7) is 0.613. The van der Waals surface area contributed by atoms with Crippen molar-refractivity contribution >= 4 is 66.3 Å². The summed E-state index contributed by atoms with van der Waals surface area (Å²) in [6.07, 6.45) is 0.795. The van der Waals surface area contributed by atoms with Gasteiger partial charge in [-0.25, -0.2) is 4.98 Å². The first kappa shape index (κ1) is 19.8. The molecule has 0 amide bonds. The van der Waals surface area contributed by atoms with E-state index < -0.39 is 0 Å². The lowest BCUT2D eigenvalue weighted by molar-refractivity contribution is 0.596. The molecule has 0 aliphatic heterocycles. The van der Waals surface area contributed by atoms with E-state index in [0.717, 1.165) is 32.6 Å². The van der Waals surface area contributed by atoms with E-state index >= 15 is 0 Å². The molecule has 0 aliphatic carbocycles. The summed E-state index contributed by atoms with van der Waals surface area (Å²) in [5, 5.41) is 6.79. The van der Waals surface area contributed by atoms with Gasteiger partial charge < -0.3 is 0 Å². The molecule has 5 rings (SSSR count). The zero-order valence-electron chi connectivity index (χ0n) is 15.9. The van der Waals surface area contributed by atoms with Crippen molar-refractivity contribution in [1.29, 1.82) is 0 Å². The molecule has 0 radical (unpaired) electrons. The third-order valence-corrected chi connectivity index (χ3v) is 8.13. The number of thiophene rings is 2. The van der Waals surface area contributed by atoms with E-state index in [1.54, 1.807) is 23.1 Å². The third-order valence-electron chi connectivity index (χ3n) is 4.97. The molecular formula is C23H17ClN2OS3. The summed E-state index contributed by atoms with van der Waals surface area (Å²) in [4.78, 5) is 18.0. The number of halogens is 1. The fraction of sp³-hybridized carbons (Fsp3) is 0.130. The van der Waals surface area contributed by atoms with Gasteiger partial charge in [-0.05, 0) is 58.0 Å². The number of aryl methyl sites for hydroxylation is 1. The van der Waals surface area contributed by atoms with Crippen LogP contribution in [0.2, 0.25) is 5.02 Å². The molecule has 0 atom stereocenters. The Hall–Kier alpha value is -2.12. The number of aromatic nitrogens is 2. The predicted octanol–water partition coefficient (Wildman–Crippen LogP) is 6.86. The number of hydrogen-bond acceptors (Lipinski definition) is 5. The van der Waals surface area contributed by atoms with E-state index in [0.29, 0.717) is 6.54 Å². The minimum Gasteiger partial charge on any atom is -0.286 e. The number of nitrogens with zero attached hydrogens (tertiary/aromatic N) is 2. The topological polar surface area (TPSA) is 34.9 Å². The maximum Gasteiger partial charge on any atom is 0.272 e. The summed E-state index contributed by atoms with van der Waals surface area (Å²) in [5.41, 5.74) is 3.26. The summed E-state index contributed by atoms with van der Waals surface area (Å²) < 4.78 is 3.77. The van der Waals surface area contributed by atoms with E-state index in [9.17, 15) is 4.79 Å². The summed E-state index contributed by atoms with van der Waals surface area (Å²) >= 11 is 11.0. The zero-order chi connectivity index (χ0) is 20.5. The lowest BCUT2D eigenvalue weighted by atomic mass is 10.1. The summed E-state index contributed by atoms with van der Waals surface area (Å²) in [6, 6.07) is 18.2. The van der Waals surface area contributed by atoms with Crippen LogP contribution in [0.25, 0.3) is 20.3 Å². The van der Waals surface area contributed by atoms with Gasteiger partial charge in [0.15, 0.2) is 5.16 Å². The van der Waals surface area contributed by atoms with Crippen LogP contribution < -0.4 is 5.56 Å². The molecule has 2 aromatic carbocycles. The normalized spacial score (nSPS) is 11.5. The van der Waals surface area contributed by atoms with Gasteiger partial charge in [-0.1, -0.05) is 53.7 Å². The highest BCUT2D eigenvalue weighted by Gasteiger charge is 2.14. The van der Waals surface area contributed by atoms with Crippen LogP contribution in [0.3, 0.4) is 0 Å². The summed E-state index contributed by atoms with van der Waals surface area (Å²) in [7, 11) is 0. The molecule has 5 aromatic rings. The van der Waals surface area contributed by atoms with Gasteiger partial charge in [-0.2, -0.15) is 0 Å². The first-order valence-electron chi connectivity index (χ1n) is 9.49. The van der Waals surface area contributed by atoms with Crippen molar-refractivity contribution in [3.63, 3.8) is 0 Å². The number of fused-ring (bicyclic) bond motifs is 2. The molecule has 0 spiro atoms. The minimum absolute atomic E-state index is 0.0478. The Kier molecular flexibility index (Phi) is 5.65. The molecule has 0 bridgehead atoms. The SMILES string of the molecule is O=c1c2sccc2nc(SCc2csc3ccc(Cl)cc23)n1CCc1ccccc1. The number of thioether (sulfide) groups is 1. The second-order valence-corrected chi connectivity index (χ2v) is 10.1. The maximum atomic E-state index is 13.2. The van der Waals surface area contributed by atoms with Crippen LogP contribution >= 0.6 is 46.0 Å². The molecule has 0 fully saturated rings. The maximum absolute atomic E-state index is 13.2. The van der Waals surface area contributed by atoms with Crippen LogP contribution in [0.15, 0.2) is 75.3 Å². The lowest BCUT2D eigenvalue weighted by Crippen LogP contribution is -2.23. The Morgan fingerprint density at radius 1 is 1.07 bits per heavy atom. The van der Waals surface area contributed by atoms with Gasteiger partial charge in [0.05, 0.1) is 5.52 Å². The highest BCUT2D eigenvalue weighted by atomic mass is 35.5. The second-order valence-electron chi connectivity index (χ2n) is 6.91. The molecule has 0 aliphatic rings. The van der Waals surface area contributed by atoms with Gasteiger partial charge in [0.25, 0.3) is 5.56 Å². The molecule has 3 nitrogen and oxygen atoms in total. The van der Waals surface area contributed by atoms with Crippen LogP contribution in [0, 0.1) is 0 Å². The Labute approximate surface area is 191 Å². The molecule has 0 unspecified atom stereocenters. The van der Waals surface area contributed by atoms with Crippen molar-refractivity contribution in [2.75, 3.05) is 0 Å². The zero-order valence-corrected chi connectivity index (χ0v) is 19.1. The van der Waals surface area contributed by atoms with E-state index in [4.69, 9.17) is 16.6 Å². The van der Waals surface area contributed by atoms with Crippen LogP contribution in [-0.4, -0.2) is 9.55 Å². The monoisotopic (exact) mass is 468 g/mol. The number of rotatable bonds is 6. The average molecular weight is 469 g/mol. The van der Waals surface area contributed by atoms with Gasteiger partial charge in [-0.3, -0.25) is 9.36 Å². The quantitative estimate of drug-likeness (QED) is 0.201. The first-order valence-corrected chi connectivity index (χ1v) is 12.6. The Morgan fingerprint density at radius 3 is 2.80 bits per heavy atom. The van der Waals surface area contributed by atoms with Crippen molar-refractivity contribution in [3.8, 4) is 0 Å². The molecule has 3 heterocycles. The number of benzene rings is 2. The number of hydrogen-bond donors (Lipinski definition) is 0. The van der Waals surface area contributed by atoms with Gasteiger partial charge in [0, 0.05) is 22.0 Å². The molecule has 0 N–H and O–H groups in total. The van der Waals surface area contributed by atoms with Gasteiger partial charge in [0.2, 0.25) is 0 Å². The van der Waals surface area contributed by atoms with Crippen LogP contribution in [0.1, 0.15) is 11.1 Å². The first-order chi connectivity index (χ1) is 14.7. The minimum atomic E-state index is 0.0478. The standard InChI is InChI=1S/C23H17ClN2OS3/c24-17-6-7-20-18(12-17)16(13-29-20)14-30-23-25-19-9-11-28-21(19)22(27)26(23)10-8-15-4-2-1-3-5-15/h1-7,9,11-13H,8,10,14H2. The van der Waals surface area contributed by atoms with Gasteiger partial charge in [-0.15, -0.1) is 22.7 Å². The largest absolute Gasteiger partial charge is 0.286 e. The Balaban J connectivity index is 1.47. The predicted molar refractivity (Wildman–Crippen MR) is 130 cm³/mol. The van der Waals surface area contributed by atoms with E-state index in [2.05, 4.69) is 23.6 Å². The highest BCUT2D eigenvalue weighted by Crippen LogP contribution is 2.33. The van der Waals surface area contributed by atoms with Gasteiger partial charge in [0.1, 0.15) is 4.70 Å². The molecular weight excluding hydrogens is 452 g/mol. The van der Waals surface area contributed by atoms with Crippen molar-refractivity contribution in [2.45, 2.75) is 23.9 Å². The van der Waals surface area contributed by atoms with Crippen molar-refractivity contribution in [3.05, 3.63) is 91.9 Å². The second kappa shape index (κ2) is 8.55. The Morgan fingerprint density at radius 2 is 1.93 bits per heavy atom. The molecule has 30 heavy (non-hydrogen) atoms. The molecule has 3 aromatic heterocycles. The van der Waals surface area contributed by atoms with Crippen LogP contribution in [0.4, 0.5) is 0 Å². The molecule has 7 heteroatoms. The van der Waals surface area contributed by atoms with Crippen LogP contribution in [0.5, 0.6) is 0 Å². The van der Waals surface area contributed by atoms with E-state index in [1.165, 1.54) is 32.5 Å².